The van der Waals surface area contributed by atoms with Crippen molar-refractivity contribution in [1.29, 1.82) is 0 Å². The van der Waals surface area contributed by atoms with Crippen LogP contribution in [0.25, 0.3) is 11.1 Å². The molecule has 4 rings (SSSR count). The van der Waals surface area contributed by atoms with Gasteiger partial charge in [0.05, 0.1) is 12.6 Å². The second kappa shape index (κ2) is 7.59. The number of carbonyl (C=O) groups excluding carboxylic acids is 3. The minimum absolute atomic E-state index is 0.0395. The molecule has 1 aliphatic rings. The van der Waals surface area contributed by atoms with E-state index in [-0.39, 0.29) is 24.1 Å². The van der Waals surface area contributed by atoms with E-state index in [2.05, 4.69) is 21.0 Å². The Bertz CT molecular complexity index is 1070. The SMILES string of the molecule is CC(=O)Nc1ccc(NC(=O)CC2C(=O)Nc3c(-c4ccccc4)cnn32)cc1. The molecule has 1 atom stereocenters. The summed E-state index contributed by atoms with van der Waals surface area (Å²) < 4.78 is 1.56. The lowest BCUT2D eigenvalue weighted by Crippen LogP contribution is -2.23. The first-order chi connectivity index (χ1) is 14.0. The Morgan fingerprint density at radius 1 is 1.03 bits per heavy atom. The first kappa shape index (κ1) is 18.4. The number of rotatable bonds is 5. The van der Waals surface area contributed by atoms with Crippen LogP contribution in [0.2, 0.25) is 0 Å². The van der Waals surface area contributed by atoms with Crippen molar-refractivity contribution in [2.75, 3.05) is 16.0 Å². The fraction of sp³-hybridized carbons (Fsp3) is 0.143. The summed E-state index contributed by atoms with van der Waals surface area (Å²) in [5, 5.41) is 12.6. The molecule has 3 amide bonds. The third-order valence-electron chi connectivity index (χ3n) is 4.59. The molecule has 0 radical (unpaired) electrons. The molecular weight excluding hydrogens is 370 g/mol. The summed E-state index contributed by atoms with van der Waals surface area (Å²) in [6.07, 6.45) is 1.65. The summed E-state index contributed by atoms with van der Waals surface area (Å²) in [5.41, 5.74) is 2.97. The molecule has 0 spiro atoms. The molecule has 0 saturated heterocycles. The lowest BCUT2D eigenvalue weighted by Gasteiger charge is -2.10. The summed E-state index contributed by atoms with van der Waals surface area (Å²) >= 11 is 0. The van der Waals surface area contributed by atoms with Crippen LogP contribution in [0.4, 0.5) is 17.2 Å². The Kier molecular flexibility index (Phi) is 4.82. The second-order valence-corrected chi connectivity index (χ2v) is 6.73. The predicted octanol–water partition coefficient (Wildman–Crippen LogP) is 3.03. The Morgan fingerprint density at radius 3 is 2.34 bits per heavy atom. The Hall–Kier alpha value is -3.94. The molecule has 0 aliphatic carbocycles. The first-order valence-corrected chi connectivity index (χ1v) is 9.12. The van der Waals surface area contributed by atoms with Crippen molar-refractivity contribution in [3.63, 3.8) is 0 Å². The number of fused-ring (bicyclic) bond motifs is 1. The van der Waals surface area contributed by atoms with Gasteiger partial charge in [0.25, 0.3) is 5.91 Å². The van der Waals surface area contributed by atoms with E-state index < -0.39 is 6.04 Å². The van der Waals surface area contributed by atoms with Gasteiger partial charge in [-0.3, -0.25) is 14.4 Å². The number of nitrogens with zero attached hydrogens (tertiary/aromatic N) is 2. The minimum atomic E-state index is -0.707. The Morgan fingerprint density at radius 2 is 1.69 bits per heavy atom. The van der Waals surface area contributed by atoms with E-state index in [4.69, 9.17) is 0 Å². The average Bonchev–Trinajstić information content (AvgIpc) is 3.23. The summed E-state index contributed by atoms with van der Waals surface area (Å²) in [5.74, 6) is -0.138. The van der Waals surface area contributed by atoms with Gasteiger partial charge in [0.15, 0.2) is 0 Å². The zero-order valence-electron chi connectivity index (χ0n) is 15.7. The van der Waals surface area contributed by atoms with E-state index in [1.165, 1.54) is 6.92 Å². The van der Waals surface area contributed by atoms with Crippen molar-refractivity contribution in [2.45, 2.75) is 19.4 Å². The van der Waals surface area contributed by atoms with Crippen LogP contribution in [0, 0.1) is 0 Å². The highest BCUT2D eigenvalue weighted by atomic mass is 16.2. The van der Waals surface area contributed by atoms with Crippen LogP contribution in [-0.2, 0) is 14.4 Å². The Labute approximate surface area is 166 Å². The van der Waals surface area contributed by atoms with Crippen LogP contribution in [0.5, 0.6) is 0 Å². The molecule has 1 unspecified atom stereocenters. The topological polar surface area (TPSA) is 105 Å². The van der Waals surface area contributed by atoms with Crippen molar-refractivity contribution >= 4 is 34.9 Å². The number of hydrogen-bond donors (Lipinski definition) is 3. The number of carbonyl (C=O) groups is 3. The second-order valence-electron chi connectivity index (χ2n) is 6.73. The smallest absolute Gasteiger partial charge is 0.251 e. The predicted molar refractivity (Wildman–Crippen MR) is 109 cm³/mol. The van der Waals surface area contributed by atoms with Gasteiger partial charge in [0.1, 0.15) is 11.9 Å². The van der Waals surface area contributed by atoms with Gasteiger partial charge in [0, 0.05) is 23.9 Å². The summed E-state index contributed by atoms with van der Waals surface area (Å²) in [6, 6.07) is 15.7. The van der Waals surface area contributed by atoms with Gasteiger partial charge in [-0.15, -0.1) is 0 Å². The standard InChI is InChI=1S/C21H19N5O3/c1-13(27)23-15-7-9-16(10-8-15)24-19(28)11-18-21(29)25-20-17(12-22-26(18)20)14-5-3-2-4-6-14/h2-10,12,18H,11H2,1H3,(H,23,27)(H,24,28)(H,25,29). The number of benzene rings is 2. The van der Waals surface area contributed by atoms with E-state index in [1.807, 2.05) is 30.3 Å². The van der Waals surface area contributed by atoms with Crippen LogP contribution in [0.1, 0.15) is 19.4 Å². The summed E-state index contributed by atoms with van der Waals surface area (Å²) in [6.45, 7) is 1.43. The molecule has 8 heteroatoms. The van der Waals surface area contributed by atoms with E-state index in [9.17, 15) is 14.4 Å². The van der Waals surface area contributed by atoms with E-state index >= 15 is 0 Å². The number of aromatic nitrogens is 2. The molecule has 3 aromatic rings. The monoisotopic (exact) mass is 389 g/mol. The maximum Gasteiger partial charge on any atom is 0.251 e. The fourth-order valence-electron chi connectivity index (χ4n) is 3.27. The van der Waals surface area contributed by atoms with Crippen molar-refractivity contribution < 1.29 is 14.4 Å². The van der Waals surface area contributed by atoms with Gasteiger partial charge in [0.2, 0.25) is 11.8 Å². The van der Waals surface area contributed by atoms with Crippen LogP contribution in [0.3, 0.4) is 0 Å². The van der Waals surface area contributed by atoms with Crippen LogP contribution in [-0.4, -0.2) is 27.5 Å². The quantitative estimate of drug-likeness (QED) is 0.624. The minimum Gasteiger partial charge on any atom is -0.326 e. The number of hydrogen-bond acceptors (Lipinski definition) is 4. The van der Waals surface area contributed by atoms with Crippen molar-refractivity contribution in [1.82, 2.24) is 9.78 Å². The maximum atomic E-state index is 12.5. The van der Waals surface area contributed by atoms with Crippen molar-refractivity contribution in [3.05, 3.63) is 60.8 Å². The number of nitrogens with one attached hydrogen (secondary N) is 3. The Balaban J connectivity index is 1.45. The molecule has 1 aliphatic heterocycles. The number of amides is 3. The van der Waals surface area contributed by atoms with Gasteiger partial charge in [-0.1, -0.05) is 30.3 Å². The van der Waals surface area contributed by atoms with Crippen LogP contribution < -0.4 is 16.0 Å². The molecule has 0 saturated carbocycles. The fourth-order valence-corrected chi connectivity index (χ4v) is 3.27. The van der Waals surface area contributed by atoms with Crippen LogP contribution in [0.15, 0.2) is 60.8 Å². The molecule has 1 aromatic heterocycles. The third-order valence-corrected chi connectivity index (χ3v) is 4.59. The number of anilines is 3. The van der Waals surface area contributed by atoms with Gasteiger partial charge >= 0.3 is 0 Å². The van der Waals surface area contributed by atoms with E-state index in [0.29, 0.717) is 17.2 Å². The molecule has 0 fully saturated rings. The lowest BCUT2D eigenvalue weighted by atomic mass is 10.1. The average molecular weight is 389 g/mol. The highest BCUT2D eigenvalue weighted by Gasteiger charge is 2.35. The molecule has 0 bridgehead atoms. The third kappa shape index (κ3) is 3.86. The maximum absolute atomic E-state index is 12.5. The van der Waals surface area contributed by atoms with Crippen molar-refractivity contribution in [2.24, 2.45) is 0 Å². The molecule has 2 heterocycles. The van der Waals surface area contributed by atoms with Gasteiger partial charge in [-0.2, -0.15) is 5.10 Å². The largest absolute Gasteiger partial charge is 0.326 e. The van der Waals surface area contributed by atoms with Crippen molar-refractivity contribution in [3.8, 4) is 11.1 Å². The summed E-state index contributed by atoms with van der Waals surface area (Å²) in [4.78, 5) is 35.9. The normalized spacial score (nSPS) is 14.8. The van der Waals surface area contributed by atoms with Gasteiger partial charge < -0.3 is 16.0 Å². The zero-order valence-corrected chi connectivity index (χ0v) is 15.7. The molecule has 8 nitrogen and oxygen atoms in total. The van der Waals surface area contributed by atoms with Gasteiger partial charge in [-0.25, -0.2) is 4.68 Å². The molecule has 2 aromatic carbocycles. The zero-order chi connectivity index (χ0) is 20.4. The van der Waals surface area contributed by atoms with Gasteiger partial charge in [-0.05, 0) is 29.8 Å². The highest BCUT2D eigenvalue weighted by Crippen LogP contribution is 2.35. The molecule has 146 valence electrons. The molecular formula is C21H19N5O3. The highest BCUT2D eigenvalue weighted by molar-refractivity contribution is 6.04. The molecule has 29 heavy (non-hydrogen) atoms. The lowest BCUT2D eigenvalue weighted by molar-refractivity contribution is -0.123. The first-order valence-electron chi connectivity index (χ1n) is 9.12. The summed E-state index contributed by atoms with van der Waals surface area (Å²) in [7, 11) is 0. The van der Waals surface area contributed by atoms with E-state index in [0.717, 1.165) is 11.1 Å². The molecule has 3 N–H and O–H groups in total. The van der Waals surface area contributed by atoms with Crippen LogP contribution >= 0.6 is 0 Å². The van der Waals surface area contributed by atoms with E-state index in [1.54, 1.807) is 35.1 Å².